The highest BCUT2D eigenvalue weighted by atomic mass is 32.2. The van der Waals surface area contributed by atoms with E-state index in [-0.39, 0.29) is 11.5 Å². The van der Waals surface area contributed by atoms with E-state index in [1.165, 1.54) is 17.4 Å². The predicted octanol–water partition coefficient (Wildman–Crippen LogP) is 2.95. The summed E-state index contributed by atoms with van der Waals surface area (Å²) in [5.41, 5.74) is -0.539. The number of aliphatic carboxylic acids is 1. The quantitative estimate of drug-likeness (QED) is 0.834. The average molecular weight is 380 g/mol. The van der Waals surface area contributed by atoms with Gasteiger partial charge in [-0.15, -0.1) is 11.3 Å². The highest BCUT2D eigenvalue weighted by Gasteiger charge is 2.41. The van der Waals surface area contributed by atoms with E-state index in [1.807, 2.05) is 0 Å². The molecule has 2 aromatic rings. The summed E-state index contributed by atoms with van der Waals surface area (Å²) in [7, 11) is 0. The van der Waals surface area contributed by atoms with Crippen LogP contribution < -0.4 is 5.32 Å². The molecule has 0 aliphatic carbocycles. The number of hydrogen-bond acceptors (Lipinski definition) is 5. The van der Waals surface area contributed by atoms with Crippen molar-refractivity contribution < 1.29 is 19.1 Å². The number of carboxylic acids is 1. The lowest BCUT2D eigenvalue weighted by Gasteiger charge is -2.33. The van der Waals surface area contributed by atoms with E-state index < -0.39 is 17.4 Å². The Kier molecular flexibility index (Phi) is 5.39. The van der Waals surface area contributed by atoms with Crippen molar-refractivity contribution in [2.75, 3.05) is 11.5 Å². The third kappa shape index (κ3) is 4.01. The van der Waals surface area contributed by atoms with Crippen LogP contribution in [0.3, 0.4) is 0 Å². The van der Waals surface area contributed by atoms with Crippen LogP contribution in [0.4, 0.5) is 4.39 Å². The lowest BCUT2D eigenvalue weighted by molar-refractivity contribution is -0.144. The zero-order chi connectivity index (χ0) is 17.9. The summed E-state index contributed by atoms with van der Waals surface area (Å²) in [6.45, 7) is 0. The fourth-order valence-electron chi connectivity index (χ4n) is 2.69. The molecule has 1 aliphatic heterocycles. The van der Waals surface area contributed by atoms with Gasteiger partial charge in [0.1, 0.15) is 17.1 Å². The van der Waals surface area contributed by atoms with Crippen LogP contribution in [-0.4, -0.2) is 39.0 Å². The third-order valence-corrected chi connectivity index (χ3v) is 6.03. The Balaban J connectivity index is 1.72. The number of halogens is 1. The first-order chi connectivity index (χ1) is 12.0. The number of amides is 1. The van der Waals surface area contributed by atoms with Crippen LogP contribution in [0, 0.1) is 5.82 Å². The first kappa shape index (κ1) is 17.9. The summed E-state index contributed by atoms with van der Waals surface area (Å²) in [6, 6.07) is 6.43. The fourth-order valence-corrected chi connectivity index (χ4v) is 4.68. The second-order valence-electron chi connectivity index (χ2n) is 5.85. The van der Waals surface area contributed by atoms with Gasteiger partial charge in [0.25, 0.3) is 5.91 Å². The number of nitrogens with zero attached hydrogens (tertiary/aromatic N) is 1. The Morgan fingerprint density at radius 1 is 1.28 bits per heavy atom. The Hall–Kier alpha value is -1.93. The van der Waals surface area contributed by atoms with Gasteiger partial charge in [0.2, 0.25) is 0 Å². The van der Waals surface area contributed by atoms with Gasteiger partial charge in [0.05, 0.1) is 5.01 Å². The minimum Gasteiger partial charge on any atom is -0.480 e. The molecule has 0 unspecified atom stereocenters. The van der Waals surface area contributed by atoms with E-state index in [2.05, 4.69) is 10.3 Å². The van der Waals surface area contributed by atoms with E-state index >= 15 is 0 Å². The Morgan fingerprint density at radius 3 is 2.68 bits per heavy atom. The normalized spacial score (nSPS) is 16.4. The number of hydrogen-bond donors (Lipinski definition) is 2. The van der Waals surface area contributed by atoms with Gasteiger partial charge in [-0.3, -0.25) is 4.79 Å². The first-order valence-electron chi connectivity index (χ1n) is 7.82. The largest absolute Gasteiger partial charge is 0.480 e. The summed E-state index contributed by atoms with van der Waals surface area (Å²) in [4.78, 5) is 28.3. The van der Waals surface area contributed by atoms with Crippen molar-refractivity contribution in [3.63, 3.8) is 0 Å². The number of carbonyl (C=O) groups is 2. The number of thioether (sulfide) groups is 1. The monoisotopic (exact) mass is 380 g/mol. The molecule has 0 saturated carbocycles. The lowest BCUT2D eigenvalue weighted by atomic mass is 9.92. The maximum absolute atomic E-state index is 13.7. The van der Waals surface area contributed by atoms with Crippen molar-refractivity contribution in [1.82, 2.24) is 10.3 Å². The van der Waals surface area contributed by atoms with Crippen molar-refractivity contribution in [2.24, 2.45) is 0 Å². The van der Waals surface area contributed by atoms with Gasteiger partial charge in [-0.05, 0) is 36.0 Å². The van der Waals surface area contributed by atoms with E-state index in [0.29, 0.717) is 41.3 Å². The average Bonchev–Trinajstić information content (AvgIpc) is 3.06. The molecule has 1 aromatic carbocycles. The molecule has 2 heterocycles. The zero-order valence-electron chi connectivity index (χ0n) is 13.3. The second kappa shape index (κ2) is 7.53. The summed E-state index contributed by atoms with van der Waals surface area (Å²) in [5, 5.41) is 14.4. The molecule has 132 valence electrons. The number of aromatic nitrogens is 1. The van der Waals surface area contributed by atoms with Crippen LogP contribution in [0.2, 0.25) is 0 Å². The van der Waals surface area contributed by atoms with Crippen molar-refractivity contribution in [3.05, 3.63) is 51.7 Å². The molecule has 1 aromatic heterocycles. The highest BCUT2D eigenvalue weighted by molar-refractivity contribution is 7.99. The summed E-state index contributed by atoms with van der Waals surface area (Å²) in [5.74, 6) is -0.425. The van der Waals surface area contributed by atoms with E-state index in [4.69, 9.17) is 0 Å². The van der Waals surface area contributed by atoms with Crippen molar-refractivity contribution >= 4 is 35.0 Å². The molecular formula is C17H17FN2O3S2. The number of thiazole rings is 1. The number of carboxylic acid groups (broad SMARTS) is 1. The Labute approximate surface area is 152 Å². The number of rotatable bonds is 5. The molecule has 0 bridgehead atoms. The Bertz CT molecular complexity index is 788. The number of carbonyl (C=O) groups excluding carboxylic acids is 1. The fraction of sp³-hybridized carbons (Fsp3) is 0.353. The molecule has 0 spiro atoms. The van der Waals surface area contributed by atoms with E-state index in [0.717, 1.165) is 0 Å². The minimum absolute atomic E-state index is 0.176. The Morgan fingerprint density at radius 2 is 2.00 bits per heavy atom. The smallest absolute Gasteiger partial charge is 0.329 e. The van der Waals surface area contributed by atoms with Crippen molar-refractivity contribution in [3.8, 4) is 0 Å². The van der Waals surface area contributed by atoms with E-state index in [1.54, 1.807) is 35.3 Å². The number of benzene rings is 1. The standard InChI is InChI=1S/C17H17FN2O3S2/c18-12-4-2-1-3-11(12)9-14-19-13(10-25-14)15(21)20-17(16(22)23)5-7-24-8-6-17/h1-4,10H,5-9H2,(H,20,21)(H,22,23). The molecule has 5 nitrogen and oxygen atoms in total. The van der Waals surface area contributed by atoms with Gasteiger partial charge >= 0.3 is 5.97 Å². The molecule has 25 heavy (non-hydrogen) atoms. The van der Waals surface area contributed by atoms with Crippen LogP contribution in [-0.2, 0) is 11.2 Å². The van der Waals surface area contributed by atoms with Crippen LogP contribution in [0.1, 0.15) is 33.9 Å². The van der Waals surface area contributed by atoms with Crippen molar-refractivity contribution in [1.29, 1.82) is 0 Å². The summed E-state index contributed by atoms with van der Waals surface area (Å²) in [6.07, 6.45) is 1.08. The number of nitrogens with one attached hydrogen (secondary N) is 1. The second-order valence-corrected chi connectivity index (χ2v) is 8.02. The molecule has 3 rings (SSSR count). The molecule has 1 amide bonds. The molecule has 0 atom stereocenters. The maximum atomic E-state index is 13.7. The zero-order valence-corrected chi connectivity index (χ0v) is 15.0. The van der Waals surface area contributed by atoms with E-state index in [9.17, 15) is 19.1 Å². The molecule has 0 radical (unpaired) electrons. The summed E-state index contributed by atoms with van der Waals surface area (Å²) < 4.78 is 13.7. The molecular weight excluding hydrogens is 363 g/mol. The van der Waals surface area contributed by atoms with Crippen LogP contribution in [0.15, 0.2) is 29.6 Å². The van der Waals surface area contributed by atoms with Gasteiger partial charge in [-0.25, -0.2) is 14.2 Å². The van der Waals surface area contributed by atoms with Gasteiger partial charge in [0.15, 0.2) is 0 Å². The van der Waals surface area contributed by atoms with Gasteiger partial charge in [-0.2, -0.15) is 11.8 Å². The van der Waals surface area contributed by atoms with Crippen LogP contribution >= 0.6 is 23.1 Å². The van der Waals surface area contributed by atoms with Crippen LogP contribution in [0.5, 0.6) is 0 Å². The SMILES string of the molecule is O=C(NC1(C(=O)O)CCSCC1)c1csc(Cc2ccccc2F)n1. The molecule has 8 heteroatoms. The molecule has 1 saturated heterocycles. The predicted molar refractivity (Wildman–Crippen MR) is 95.7 cm³/mol. The van der Waals surface area contributed by atoms with Crippen LogP contribution in [0.25, 0.3) is 0 Å². The molecule has 1 fully saturated rings. The van der Waals surface area contributed by atoms with Gasteiger partial charge in [-0.1, -0.05) is 18.2 Å². The topological polar surface area (TPSA) is 79.3 Å². The third-order valence-electron chi connectivity index (χ3n) is 4.19. The maximum Gasteiger partial charge on any atom is 0.329 e. The van der Waals surface area contributed by atoms with Gasteiger partial charge < -0.3 is 10.4 Å². The first-order valence-corrected chi connectivity index (χ1v) is 9.85. The molecule has 1 aliphatic rings. The van der Waals surface area contributed by atoms with Gasteiger partial charge in [0, 0.05) is 11.8 Å². The minimum atomic E-state index is -1.22. The lowest BCUT2D eigenvalue weighted by Crippen LogP contribution is -2.56. The molecule has 2 N–H and O–H groups in total. The van der Waals surface area contributed by atoms with Crippen molar-refractivity contribution in [2.45, 2.75) is 24.8 Å². The summed E-state index contributed by atoms with van der Waals surface area (Å²) >= 11 is 2.94. The highest BCUT2D eigenvalue weighted by Crippen LogP contribution is 2.28.